The van der Waals surface area contributed by atoms with Crippen LogP contribution in [-0.4, -0.2) is 16.6 Å². The summed E-state index contributed by atoms with van der Waals surface area (Å²) < 4.78 is 27.3. The van der Waals surface area contributed by atoms with Crippen LogP contribution in [-0.2, 0) is 10.5 Å². The molecule has 3 rings (SSSR count). The Hall–Kier alpha value is -2.67. The second-order valence-electron chi connectivity index (χ2n) is 5.34. The highest BCUT2D eigenvalue weighted by Gasteiger charge is 2.09. The van der Waals surface area contributed by atoms with Gasteiger partial charge >= 0.3 is 0 Å². The van der Waals surface area contributed by atoms with E-state index >= 15 is 0 Å². The number of hydrogen-bond acceptors (Lipinski definition) is 3. The van der Waals surface area contributed by atoms with Gasteiger partial charge in [-0.05, 0) is 24.3 Å². The number of benzene rings is 2. The van der Waals surface area contributed by atoms with Crippen molar-refractivity contribution in [2.75, 3.05) is 11.1 Å². The van der Waals surface area contributed by atoms with Crippen LogP contribution in [0.4, 0.5) is 14.5 Å². The maximum Gasteiger partial charge on any atom is 0.234 e. The zero-order valence-electron chi connectivity index (χ0n) is 13.0. The molecule has 0 saturated heterocycles. The molecule has 25 heavy (non-hydrogen) atoms. The van der Waals surface area contributed by atoms with E-state index in [1.54, 1.807) is 12.1 Å². The fraction of sp³-hybridized carbons (Fsp3) is 0.111. The lowest BCUT2D eigenvalue weighted by Crippen LogP contribution is -2.15. The van der Waals surface area contributed by atoms with Crippen LogP contribution in [0.15, 0.2) is 53.3 Å². The summed E-state index contributed by atoms with van der Waals surface area (Å²) in [5.74, 6) is -0.964. The van der Waals surface area contributed by atoms with Gasteiger partial charge in [0, 0.05) is 22.9 Å². The normalized spacial score (nSPS) is 10.8. The molecule has 3 aromatic rings. The van der Waals surface area contributed by atoms with Gasteiger partial charge in [0.25, 0.3) is 0 Å². The molecule has 1 aromatic heterocycles. The molecule has 0 atom stereocenters. The minimum atomic E-state index is -0.504. The lowest BCUT2D eigenvalue weighted by molar-refractivity contribution is -0.113. The average molecular weight is 360 g/mol. The number of carbonyl (C=O) groups excluding carboxylic acids is 1. The molecule has 4 nitrogen and oxygen atoms in total. The summed E-state index contributed by atoms with van der Waals surface area (Å²) in [4.78, 5) is 26.7. The van der Waals surface area contributed by atoms with E-state index in [0.717, 1.165) is 0 Å². The molecule has 0 bridgehead atoms. The number of nitrogens with one attached hydrogen (secondary N) is 2. The lowest BCUT2D eigenvalue weighted by atomic mass is 10.2. The smallest absolute Gasteiger partial charge is 0.234 e. The fourth-order valence-electron chi connectivity index (χ4n) is 2.37. The van der Waals surface area contributed by atoms with Gasteiger partial charge in [-0.2, -0.15) is 0 Å². The van der Waals surface area contributed by atoms with Crippen molar-refractivity contribution in [3.63, 3.8) is 0 Å². The summed E-state index contributed by atoms with van der Waals surface area (Å²) in [5.41, 5.74) is 0.515. The van der Waals surface area contributed by atoms with Gasteiger partial charge < -0.3 is 10.3 Å². The minimum Gasteiger partial charge on any atom is -0.355 e. The lowest BCUT2D eigenvalue weighted by Gasteiger charge is -2.07. The van der Waals surface area contributed by atoms with Gasteiger partial charge in [0.05, 0.1) is 17.0 Å². The van der Waals surface area contributed by atoms with Gasteiger partial charge in [0.1, 0.15) is 11.6 Å². The van der Waals surface area contributed by atoms with Gasteiger partial charge in [-0.15, -0.1) is 11.8 Å². The Morgan fingerprint density at radius 3 is 2.64 bits per heavy atom. The van der Waals surface area contributed by atoms with E-state index in [1.807, 2.05) is 0 Å². The average Bonchev–Trinajstić information content (AvgIpc) is 2.58. The molecule has 0 aliphatic heterocycles. The number of H-pyrrole nitrogens is 1. The molecule has 0 fully saturated rings. The summed E-state index contributed by atoms with van der Waals surface area (Å²) in [6, 6.07) is 11.6. The van der Waals surface area contributed by atoms with E-state index in [4.69, 9.17) is 0 Å². The molecule has 0 spiro atoms. The SMILES string of the molecule is O=C(CSCc1cc(=O)c2cccc(F)c2[nH]1)Nc1ccccc1F. The van der Waals surface area contributed by atoms with Crippen LogP contribution in [0.3, 0.4) is 0 Å². The van der Waals surface area contributed by atoms with Crippen LogP contribution in [0.1, 0.15) is 5.69 Å². The van der Waals surface area contributed by atoms with Crippen molar-refractivity contribution in [3.05, 3.63) is 76.1 Å². The molecular formula is C18H14F2N2O2S. The van der Waals surface area contributed by atoms with Crippen LogP contribution in [0.25, 0.3) is 10.9 Å². The molecule has 0 saturated carbocycles. The number of pyridine rings is 1. The molecule has 0 unspecified atom stereocenters. The number of thioether (sulfide) groups is 1. The molecule has 0 aliphatic carbocycles. The number of para-hydroxylation sites is 2. The maximum absolute atomic E-state index is 13.8. The van der Waals surface area contributed by atoms with Crippen LogP contribution >= 0.6 is 11.8 Å². The second kappa shape index (κ2) is 7.48. The Bertz CT molecular complexity index is 988. The molecule has 2 aromatic carbocycles. The molecule has 0 aliphatic rings. The summed E-state index contributed by atoms with van der Waals surface area (Å²) >= 11 is 1.24. The Morgan fingerprint density at radius 2 is 1.84 bits per heavy atom. The van der Waals surface area contributed by atoms with Crippen molar-refractivity contribution in [2.45, 2.75) is 5.75 Å². The predicted molar refractivity (Wildman–Crippen MR) is 95.7 cm³/mol. The Morgan fingerprint density at radius 1 is 1.08 bits per heavy atom. The van der Waals surface area contributed by atoms with E-state index < -0.39 is 11.6 Å². The van der Waals surface area contributed by atoms with Crippen molar-refractivity contribution in [1.82, 2.24) is 4.98 Å². The van der Waals surface area contributed by atoms with Crippen molar-refractivity contribution < 1.29 is 13.6 Å². The monoisotopic (exact) mass is 360 g/mol. The summed E-state index contributed by atoms with van der Waals surface area (Å²) in [6.07, 6.45) is 0. The van der Waals surface area contributed by atoms with E-state index in [0.29, 0.717) is 11.4 Å². The van der Waals surface area contributed by atoms with E-state index in [9.17, 15) is 18.4 Å². The molecule has 128 valence electrons. The van der Waals surface area contributed by atoms with Gasteiger partial charge in [0.2, 0.25) is 5.91 Å². The Labute approximate surface area is 146 Å². The molecule has 7 heteroatoms. The third kappa shape index (κ3) is 4.06. The number of fused-ring (bicyclic) bond motifs is 1. The van der Waals surface area contributed by atoms with Crippen LogP contribution in [0.5, 0.6) is 0 Å². The largest absolute Gasteiger partial charge is 0.355 e. The highest BCUT2D eigenvalue weighted by atomic mass is 32.2. The number of aromatic amines is 1. The van der Waals surface area contributed by atoms with Gasteiger partial charge in [-0.25, -0.2) is 8.78 Å². The number of hydrogen-bond donors (Lipinski definition) is 2. The highest BCUT2D eigenvalue weighted by Crippen LogP contribution is 2.17. The first kappa shape index (κ1) is 17.2. The van der Waals surface area contributed by atoms with Crippen molar-refractivity contribution >= 4 is 34.3 Å². The third-order valence-corrected chi connectivity index (χ3v) is 4.49. The van der Waals surface area contributed by atoms with Crippen LogP contribution in [0.2, 0.25) is 0 Å². The number of carbonyl (C=O) groups is 1. The number of rotatable bonds is 5. The first-order chi connectivity index (χ1) is 12.0. The molecule has 1 heterocycles. The van der Waals surface area contributed by atoms with E-state index in [-0.39, 0.29) is 33.7 Å². The topological polar surface area (TPSA) is 62.0 Å². The van der Waals surface area contributed by atoms with Crippen molar-refractivity contribution in [3.8, 4) is 0 Å². The van der Waals surface area contributed by atoms with Crippen LogP contribution < -0.4 is 10.7 Å². The van der Waals surface area contributed by atoms with E-state index in [2.05, 4.69) is 10.3 Å². The van der Waals surface area contributed by atoms with Crippen molar-refractivity contribution in [1.29, 1.82) is 0 Å². The zero-order chi connectivity index (χ0) is 17.8. The second-order valence-corrected chi connectivity index (χ2v) is 6.33. The zero-order valence-corrected chi connectivity index (χ0v) is 13.8. The number of anilines is 1. The maximum atomic E-state index is 13.8. The van der Waals surface area contributed by atoms with Gasteiger partial charge in [0.15, 0.2) is 5.43 Å². The standard InChI is InChI=1S/C18H14F2N2O2S/c19-13-5-1-2-7-15(13)22-17(24)10-25-9-11-8-16(23)12-4-3-6-14(20)18(12)21-11/h1-8H,9-10H2,(H,21,23)(H,22,24). The number of amides is 1. The fourth-order valence-corrected chi connectivity index (χ4v) is 3.10. The minimum absolute atomic E-state index is 0.0751. The van der Waals surface area contributed by atoms with Gasteiger partial charge in [-0.3, -0.25) is 9.59 Å². The van der Waals surface area contributed by atoms with Crippen LogP contribution in [0, 0.1) is 11.6 Å². The molecule has 0 radical (unpaired) electrons. The first-order valence-electron chi connectivity index (χ1n) is 7.47. The third-order valence-electron chi connectivity index (χ3n) is 3.51. The number of halogens is 2. The van der Waals surface area contributed by atoms with Crippen molar-refractivity contribution in [2.24, 2.45) is 0 Å². The summed E-state index contributed by atoms with van der Waals surface area (Å²) in [6.45, 7) is 0. The molecule has 2 N–H and O–H groups in total. The summed E-state index contributed by atoms with van der Waals surface area (Å²) in [5, 5.41) is 2.76. The summed E-state index contributed by atoms with van der Waals surface area (Å²) in [7, 11) is 0. The van der Waals surface area contributed by atoms with E-state index in [1.165, 1.54) is 48.2 Å². The Kier molecular flexibility index (Phi) is 5.14. The quantitative estimate of drug-likeness (QED) is 0.730. The Balaban J connectivity index is 1.63. The molecule has 1 amide bonds. The predicted octanol–water partition coefficient (Wildman–Crippen LogP) is 3.68. The molecular weight excluding hydrogens is 346 g/mol. The highest BCUT2D eigenvalue weighted by molar-refractivity contribution is 7.99. The first-order valence-corrected chi connectivity index (χ1v) is 8.62. The number of aromatic nitrogens is 1. The van der Waals surface area contributed by atoms with Gasteiger partial charge in [-0.1, -0.05) is 18.2 Å².